The van der Waals surface area contributed by atoms with Gasteiger partial charge >= 0.3 is 0 Å². The summed E-state index contributed by atoms with van der Waals surface area (Å²) in [5, 5.41) is 9.79. The molecule has 0 aromatic carbocycles. The zero-order valence-electron chi connectivity index (χ0n) is 9.82. The Balaban J connectivity index is 2.30. The minimum Gasteiger partial charge on any atom is -0.388 e. The Bertz CT molecular complexity index is 304. The summed E-state index contributed by atoms with van der Waals surface area (Å²) in [6, 6.07) is 1.55. The molecule has 0 aliphatic heterocycles. The quantitative estimate of drug-likeness (QED) is 0.719. The van der Waals surface area contributed by atoms with Gasteiger partial charge in [-0.2, -0.15) is 0 Å². The molecule has 90 valence electrons. The van der Waals surface area contributed by atoms with E-state index in [1.807, 2.05) is 0 Å². The minimum atomic E-state index is -0.690. The second kappa shape index (κ2) is 7.34. The highest BCUT2D eigenvalue weighted by atomic mass is 19.1. The summed E-state index contributed by atoms with van der Waals surface area (Å²) in [6.07, 6.45) is 8.30. The summed E-state index contributed by atoms with van der Waals surface area (Å²) in [5.41, 5.74) is 0.366. The summed E-state index contributed by atoms with van der Waals surface area (Å²) in [4.78, 5) is 3.66. The normalized spacial score (nSPS) is 12.7. The first-order valence-electron chi connectivity index (χ1n) is 6.03. The maximum atomic E-state index is 13.2. The van der Waals surface area contributed by atoms with Crippen LogP contribution in [0.3, 0.4) is 0 Å². The maximum absolute atomic E-state index is 13.2. The average Bonchev–Trinajstić information content (AvgIpc) is 2.29. The van der Waals surface area contributed by atoms with Gasteiger partial charge in [0.25, 0.3) is 0 Å². The van der Waals surface area contributed by atoms with Gasteiger partial charge in [0.05, 0.1) is 12.3 Å². The van der Waals surface area contributed by atoms with Crippen LogP contribution in [0.15, 0.2) is 18.5 Å². The van der Waals surface area contributed by atoms with Gasteiger partial charge < -0.3 is 5.11 Å². The Kier molecular flexibility index (Phi) is 6.01. The Labute approximate surface area is 96.5 Å². The lowest BCUT2D eigenvalue weighted by atomic mass is 10.0. The topological polar surface area (TPSA) is 33.1 Å². The molecule has 1 unspecified atom stereocenters. The molecule has 0 amide bonds. The highest BCUT2D eigenvalue weighted by Gasteiger charge is 2.11. The van der Waals surface area contributed by atoms with E-state index in [0.717, 1.165) is 19.0 Å². The Hall–Kier alpha value is -0.960. The number of aliphatic hydroxyl groups is 1. The number of unbranched alkanes of at least 4 members (excludes halogenated alkanes) is 4. The minimum absolute atomic E-state index is 0.366. The second-order valence-electron chi connectivity index (χ2n) is 4.12. The van der Waals surface area contributed by atoms with E-state index in [0.29, 0.717) is 12.0 Å². The number of hydrogen-bond acceptors (Lipinski definition) is 2. The van der Waals surface area contributed by atoms with E-state index in [-0.39, 0.29) is 0 Å². The molecular weight excluding hydrogens is 205 g/mol. The van der Waals surface area contributed by atoms with Gasteiger partial charge in [-0.15, -0.1) is 0 Å². The van der Waals surface area contributed by atoms with E-state index in [2.05, 4.69) is 11.9 Å². The van der Waals surface area contributed by atoms with E-state index < -0.39 is 11.9 Å². The molecule has 0 saturated carbocycles. The van der Waals surface area contributed by atoms with Gasteiger partial charge in [0.15, 0.2) is 0 Å². The molecule has 16 heavy (non-hydrogen) atoms. The number of nitrogens with zero attached hydrogens (tertiary/aromatic N) is 1. The fourth-order valence-corrected chi connectivity index (χ4v) is 1.75. The molecule has 1 aromatic rings. The Morgan fingerprint density at radius 3 is 2.75 bits per heavy atom. The van der Waals surface area contributed by atoms with Crippen molar-refractivity contribution in [3.05, 3.63) is 29.8 Å². The van der Waals surface area contributed by atoms with Gasteiger partial charge in [0.2, 0.25) is 0 Å². The van der Waals surface area contributed by atoms with Gasteiger partial charge in [-0.1, -0.05) is 39.0 Å². The molecule has 1 heterocycles. The summed E-state index contributed by atoms with van der Waals surface area (Å²) < 4.78 is 13.2. The first-order chi connectivity index (χ1) is 7.75. The zero-order chi connectivity index (χ0) is 11.8. The number of rotatable bonds is 7. The van der Waals surface area contributed by atoms with Crippen LogP contribution in [0, 0.1) is 5.82 Å². The number of aliphatic hydroxyl groups excluding tert-OH is 1. The van der Waals surface area contributed by atoms with E-state index in [4.69, 9.17) is 0 Å². The van der Waals surface area contributed by atoms with Crippen molar-refractivity contribution < 1.29 is 9.50 Å². The lowest BCUT2D eigenvalue weighted by Crippen LogP contribution is -2.01. The van der Waals surface area contributed by atoms with Crippen molar-refractivity contribution >= 4 is 0 Å². The highest BCUT2D eigenvalue weighted by molar-refractivity contribution is 5.15. The van der Waals surface area contributed by atoms with Crippen molar-refractivity contribution in [3.8, 4) is 0 Å². The number of halogens is 1. The standard InChI is InChI=1S/C13H20FNO/c1-2-3-4-5-6-7-13(16)11-8-9-15-10-12(11)14/h8-10,13,16H,2-7H2,1H3. The molecule has 3 heteroatoms. The summed E-state index contributed by atoms with van der Waals surface area (Å²) in [6.45, 7) is 2.17. The lowest BCUT2D eigenvalue weighted by Gasteiger charge is -2.11. The molecule has 0 aliphatic carbocycles. The first-order valence-corrected chi connectivity index (χ1v) is 6.03. The highest BCUT2D eigenvalue weighted by Crippen LogP contribution is 2.21. The molecule has 2 nitrogen and oxygen atoms in total. The molecular formula is C13H20FNO. The van der Waals surface area contributed by atoms with E-state index in [1.165, 1.54) is 25.5 Å². The molecule has 0 aliphatic rings. The predicted molar refractivity (Wildman–Crippen MR) is 62.5 cm³/mol. The summed E-state index contributed by atoms with van der Waals surface area (Å²) >= 11 is 0. The van der Waals surface area contributed by atoms with Crippen LogP contribution in [-0.4, -0.2) is 10.1 Å². The zero-order valence-corrected chi connectivity index (χ0v) is 9.82. The van der Waals surface area contributed by atoms with Gasteiger partial charge in [0.1, 0.15) is 5.82 Å². The van der Waals surface area contributed by atoms with Crippen molar-refractivity contribution in [2.24, 2.45) is 0 Å². The lowest BCUT2D eigenvalue weighted by molar-refractivity contribution is 0.158. The van der Waals surface area contributed by atoms with E-state index in [9.17, 15) is 9.50 Å². The summed E-state index contributed by atoms with van der Waals surface area (Å²) in [7, 11) is 0. The summed E-state index contributed by atoms with van der Waals surface area (Å²) in [5.74, 6) is -0.413. The molecule has 0 spiro atoms. The maximum Gasteiger partial charge on any atom is 0.147 e. The predicted octanol–water partition coefficient (Wildman–Crippen LogP) is 3.61. The van der Waals surface area contributed by atoms with Crippen LogP contribution >= 0.6 is 0 Å². The third-order valence-electron chi connectivity index (χ3n) is 2.74. The van der Waals surface area contributed by atoms with Gasteiger partial charge in [0, 0.05) is 11.8 Å². The average molecular weight is 225 g/mol. The Morgan fingerprint density at radius 1 is 1.31 bits per heavy atom. The third-order valence-corrected chi connectivity index (χ3v) is 2.74. The molecule has 0 radical (unpaired) electrons. The van der Waals surface area contributed by atoms with Gasteiger partial charge in [-0.3, -0.25) is 4.98 Å². The first kappa shape index (κ1) is 13.1. The molecule has 1 atom stereocenters. The smallest absolute Gasteiger partial charge is 0.147 e. The molecule has 0 fully saturated rings. The Morgan fingerprint density at radius 2 is 2.06 bits per heavy atom. The molecule has 0 bridgehead atoms. The van der Waals surface area contributed by atoms with E-state index >= 15 is 0 Å². The molecule has 0 saturated heterocycles. The van der Waals surface area contributed by atoms with Gasteiger partial charge in [-0.05, 0) is 12.5 Å². The third kappa shape index (κ3) is 4.27. The number of hydrogen-bond donors (Lipinski definition) is 1. The molecule has 1 N–H and O–H groups in total. The molecule has 1 aromatic heterocycles. The van der Waals surface area contributed by atoms with Crippen LogP contribution in [0.5, 0.6) is 0 Å². The van der Waals surface area contributed by atoms with Crippen LogP contribution in [0.25, 0.3) is 0 Å². The van der Waals surface area contributed by atoms with Crippen molar-refractivity contribution in [1.82, 2.24) is 4.98 Å². The van der Waals surface area contributed by atoms with Crippen molar-refractivity contribution in [1.29, 1.82) is 0 Å². The monoisotopic (exact) mass is 225 g/mol. The van der Waals surface area contributed by atoms with Crippen molar-refractivity contribution in [2.45, 2.75) is 51.6 Å². The second-order valence-corrected chi connectivity index (χ2v) is 4.12. The van der Waals surface area contributed by atoms with Crippen LogP contribution in [0.1, 0.15) is 57.1 Å². The number of pyridine rings is 1. The van der Waals surface area contributed by atoms with Crippen LogP contribution in [-0.2, 0) is 0 Å². The van der Waals surface area contributed by atoms with Crippen LogP contribution in [0.2, 0.25) is 0 Å². The van der Waals surface area contributed by atoms with Crippen molar-refractivity contribution in [2.75, 3.05) is 0 Å². The van der Waals surface area contributed by atoms with Gasteiger partial charge in [-0.25, -0.2) is 4.39 Å². The van der Waals surface area contributed by atoms with Crippen LogP contribution < -0.4 is 0 Å². The van der Waals surface area contributed by atoms with E-state index in [1.54, 1.807) is 6.07 Å². The fourth-order valence-electron chi connectivity index (χ4n) is 1.75. The fraction of sp³-hybridized carbons (Fsp3) is 0.615. The molecule has 1 rings (SSSR count). The number of aromatic nitrogens is 1. The van der Waals surface area contributed by atoms with Crippen LogP contribution in [0.4, 0.5) is 4.39 Å². The largest absolute Gasteiger partial charge is 0.388 e. The van der Waals surface area contributed by atoms with Crippen molar-refractivity contribution in [3.63, 3.8) is 0 Å². The SMILES string of the molecule is CCCCCCCC(O)c1ccncc1F.